The molecule has 5 heteroatoms. The summed E-state index contributed by atoms with van der Waals surface area (Å²) in [5.41, 5.74) is 0. The van der Waals surface area contributed by atoms with Crippen molar-refractivity contribution in [3.05, 3.63) is 0 Å². The molecule has 0 unspecified atom stereocenters. The van der Waals surface area contributed by atoms with E-state index in [1.807, 2.05) is 0 Å². The van der Waals surface area contributed by atoms with Gasteiger partial charge in [0.1, 0.15) is 0 Å². The average Bonchev–Trinajstić information content (AvgIpc) is 0. The van der Waals surface area contributed by atoms with Gasteiger partial charge in [-0.15, -0.1) is 0 Å². The van der Waals surface area contributed by atoms with Crippen molar-refractivity contribution in [1.29, 1.82) is 0 Å². The minimum atomic E-state index is 0. The summed E-state index contributed by atoms with van der Waals surface area (Å²) >= 11 is 0. The van der Waals surface area contributed by atoms with Crippen LogP contribution in [0.5, 0.6) is 0 Å². The third-order valence-corrected chi connectivity index (χ3v) is 0. The van der Waals surface area contributed by atoms with Gasteiger partial charge in [-0.3, -0.25) is 0 Å². The summed E-state index contributed by atoms with van der Waals surface area (Å²) in [6.07, 6.45) is 0. The van der Waals surface area contributed by atoms with Gasteiger partial charge in [0.15, 0.2) is 0 Å². The van der Waals surface area contributed by atoms with E-state index in [4.69, 9.17) is 0 Å². The fourth-order valence-corrected chi connectivity index (χ4v) is 0. The molecule has 28 valence electrons. The van der Waals surface area contributed by atoms with Crippen molar-refractivity contribution in [3.63, 3.8) is 0 Å². The summed E-state index contributed by atoms with van der Waals surface area (Å²) in [5, 5.41) is 0. The molecule has 0 aliphatic rings. The van der Waals surface area contributed by atoms with Crippen LogP contribution in [0.15, 0.2) is 0 Å². The van der Waals surface area contributed by atoms with Crippen LogP contribution in [-0.4, -0.2) is 35.0 Å². The first-order valence-corrected chi connectivity index (χ1v) is 0. The molecular formula is AlCl3Ge. The number of halogens is 3. The van der Waals surface area contributed by atoms with Gasteiger partial charge in [-0.2, -0.15) is 0 Å². The molecule has 0 aromatic rings. The Morgan fingerprint density at radius 2 is 0.600 bits per heavy atom. The molecule has 0 bridgehead atoms. The normalized spacial score (nSPS) is 0. The molecule has 0 nitrogen and oxygen atoms in total. The molecule has 0 rings (SSSR count). The largest absolute Gasteiger partial charge is 3.00 e. The number of rotatable bonds is 0. The van der Waals surface area contributed by atoms with Gasteiger partial charge in [0, 0.05) is 17.6 Å². The van der Waals surface area contributed by atoms with E-state index in [1.54, 1.807) is 0 Å². The SMILES string of the molecule is [Al+3].[Cl-].[Cl-].[Cl-].[Ge]. The first kappa shape index (κ1) is 64.9. The molecule has 0 aromatic carbocycles. The Morgan fingerprint density at radius 3 is 0.600 bits per heavy atom. The molecule has 0 atom stereocenters. The topological polar surface area (TPSA) is 0 Å². The molecule has 0 aliphatic carbocycles. The fourth-order valence-electron chi connectivity index (χ4n) is 0. The van der Waals surface area contributed by atoms with Crippen molar-refractivity contribution in [2.45, 2.75) is 0 Å². The van der Waals surface area contributed by atoms with Gasteiger partial charge >= 0.3 is 17.4 Å². The van der Waals surface area contributed by atoms with E-state index in [1.165, 1.54) is 0 Å². The average molecular weight is 206 g/mol. The number of hydrogen-bond acceptors (Lipinski definition) is 0. The summed E-state index contributed by atoms with van der Waals surface area (Å²) in [7, 11) is 0. The van der Waals surface area contributed by atoms with Crippen LogP contribution in [0.4, 0.5) is 0 Å². The third-order valence-electron chi connectivity index (χ3n) is 0. The minimum absolute atomic E-state index is 0. The van der Waals surface area contributed by atoms with Crippen LogP contribution >= 0.6 is 0 Å². The van der Waals surface area contributed by atoms with Crippen LogP contribution in [0.1, 0.15) is 0 Å². The van der Waals surface area contributed by atoms with Crippen molar-refractivity contribution in [3.8, 4) is 0 Å². The van der Waals surface area contributed by atoms with Crippen LogP contribution in [0.2, 0.25) is 0 Å². The van der Waals surface area contributed by atoms with E-state index in [-0.39, 0.29) is 72.2 Å². The molecule has 0 aliphatic heterocycles. The minimum Gasteiger partial charge on any atom is -1.00 e. The smallest absolute Gasteiger partial charge is 1.00 e. The van der Waals surface area contributed by atoms with Crippen LogP contribution in [-0.2, 0) is 0 Å². The van der Waals surface area contributed by atoms with E-state index < -0.39 is 0 Å². The molecule has 0 saturated carbocycles. The molecule has 0 aromatic heterocycles. The van der Waals surface area contributed by atoms with Gasteiger partial charge in [0.25, 0.3) is 0 Å². The maximum atomic E-state index is 0. The van der Waals surface area contributed by atoms with E-state index in [0.29, 0.717) is 0 Å². The van der Waals surface area contributed by atoms with E-state index >= 15 is 0 Å². The molecule has 0 fully saturated rings. The zero-order chi connectivity index (χ0) is 0. The molecule has 0 heterocycles. The first-order chi connectivity index (χ1) is 0. The van der Waals surface area contributed by atoms with Crippen LogP contribution in [0.25, 0.3) is 0 Å². The predicted octanol–water partition coefficient (Wildman–Crippen LogP) is -9.75. The van der Waals surface area contributed by atoms with Gasteiger partial charge in [-0.05, 0) is 0 Å². The molecule has 4 radical (unpaired) electrons. The van der Waals surface area contributed by atoms with Crippen molar-refractivity contribution in [1.82, 2.24) is 0 Å². The van der Waals surface area contributed by atoms with Crippen LogP contribution in [0, 0.1) is 0 Å². The Hall–Kier alpha value is 1.95. The monoisotopic (exact) mass is 206 g/mol. The maximum Gasteiger partial charge on any atom is 3.00 e. The van der Waals surface area contributed by atoms with E-state index in [9.17, 15) is 0 Å². The summed E-state index contributed by atoms with van der Waals surface area (Å²) in [6.45, 7) is 0. The van der Waals surface area contributed by atoms with Gasteiger partial charge in [-0.25, -0.2) is 0 Å². The Morgan fingerprint density at radius 1 is 0.600 bits per heavy atom. The van der Waals surface area contributed by atoms with Gasteiger partial charge in [0.05, 0.1) is 0 Å². The van der Waals surface area contributed by atoms with Gasteiger partial charge < -0.3 is 37.2 Å². The Labute approximate surface area is 71.8 Å². The fraction of sp³-hybridized carbons (Fsp3) is 0. The standard InChI is InChI=1S/Al.3ClH.Ge/h;3*1H;/q+3;;;;/p-3. The third kappa shape index (κ3) is 24.5. The molecule has 0 N–H and O–H groups in total. The van der Waals surface area contributed by atoms with Crippen LogP contribution in [0.3, 0.4) is 0 Å². The van der Waals surface area contributed by atoms with Crippen molar-refractivity contribution >= 4 is 35.0 Å². The second-order valence-electron chi connectivity index (χ2n) is 0. The van der Waals surface area contributed by atoms with E-state index in [2.05, 4.69) is 0 Å². The first-order valence-electron chi connectivity index (χ1n) is 0. The maximum absolute atomic E-state index is 0. The molecular weight excluding hydrogens is 206 g/mol. The number of hydrogen-bond donors (Lipinski definition) is 0. The Bertz CT molecular complexity index is 6.85. The molecule has 0 spiro atoms. The molecule has 0 amide bonds. The van der Waals surface area contributed by atoms with E-state index in [0.717, 1.165) is 0 Å². The Kier molecular flexibility index (Phi) is 499. The van der Waals surface area contributed by atoms with Crippen LogP contribution < -0.4 is 37.2 Å². The molecule has 5 heavy (non-hydrogen) atoms. The van der Waals surface area contributed by atoms with Crippen molar-refractivity contribution < 1.29 is 37.2 Å². The summed E-state index contributed by atoms with van der Waals surface area (Å²) in [4.78, 5) is 0. The Balaban J connectivity index is 0. The van der Waals surface area contributed by atoms with Gasteiger partial charge in [-0.1, -0.05) is 0 Å². The quantitative estimate of drug-likeness (QED) is 0.345. The van der Waals surface area contributed by atoms with Gasteiger partial charge in [0.2, 0.25) is 0 Å². The second-order valence-corrected chi connectivity index (χ2v) is 0. The van der Waals surface area contributed by atoms with Crippen molar-refractivity contribution in [2.75, 3.05) is 0 Å². The van der Waals surface area contributed by atoms with Crippen molar-refractivity contribution in [2.24, 2.45) is 0 Å². The zero-order valence-corrected chi connectivity index (χ0v) is 7.73. The summed E-state index contributed by atoms with van der Waals surface area (Å²) in [5.74, 6) is 0. The second kappa shape index (κ2) is 38.4. The summed E-state index contributed by atoms with van der Waals surface area (Å²) < 4.78 is 0. The summed E-state index contributed by atoms with van der Waals surface area (Å²) in [6, 6.07) is 0. The zero-order valence-electron chi connectivity index (χ0n) is 2.21. The molecule has 0 saturated heterocycles. The predicted molar refractivity (Wildman–Crippen MR) is 11.5 cm³/mol.